The van der Waals surface area contributed by atoms with Gasteiger partial charge in [0.15, 0.2) is 9.84 Å². The van der Waals surface area contributed by atoms with Gasteiger partial charge in [0.25, 0.3) is 0 Å². The smallest absolute Gasteiger partial charge is 0.305 e. The molecule has 0 unspecified atom stereocenters. The number of benzene rings is 1. The predicted molar refractivity (Wildman–Crippen MR) is 76.9 cm³/mol. The molecule has 0 heterocycles. The topological polar surface area (TPSA) is 101 Å². The summed E-state index contributed by atoms with van der Waals surface area (Å²) in [6.07, 6.45) is -0.239. The second-order valence-electron chi connectivity index (χ2n) is 4.16. The Bertz CT molecular complexity index is 600. The Morgan fingerprint density at radius 2 is 2.00 bits per heavy atom. The molecule has 0 bridgehead atoms. The van der Waals surface area contributed by atoms with Gasteiger partial charge in [-0.1, -0.05) is 28.1 Å². The normalized spacial score (nSPS) is 11.1. The van der Waals surface area contributed by atoms with E-state index in [4.69, 9.17) is 5.11 Å². The molecule has 0 radical (unpaired) electrons. The summed E-state index contributed by atoms with van der Waals surface area (Å²) in [4.78, 5) is 21.7. The van der Waals surface area contributed by atoms with Gasteiger partial charge in [-0.2, -0.15) is 0 Å². The predicted octanol–water partition coefficient (Wildman–Crippen LogP) is 0.955. The number of sulfone groups is 1. The van der Waals surface area contributed by atoms with E-state index in [1.807, 2.05) is 0 Å². The average molecular weight is 364 g/mol. The lowest BCUT2D eigenvalue weighted by Crippen LogP contribution is -2.32. The van der Waals surface area contributed by atoms with Crippen molar-refractivity contribution in [3.8, 4) is 0 Å². The minimum absolute atomic E-state index is 0.0828. The van der Waals surface area contributed by atoms with Crippen LogP contribution in [0.4, 0.5) is 0 Å². The van der Waals surface area contributed by atoms with Crippen LogP contribution in [-0.2, 0) is 25.2 Å². The van der Waals surface area contributed by atoms with Crippen molar-refractivity contribution in [3.05, 3.63) is 34.3 Å². The van der Waals surface area contributed by atoms with Gasteiger partial charge in [-0.15, -0.1) is 0 Å². The highest BCUT2D eigenvalue weighted by Gasteiger charge is 2.17. The van der Waals surface area contributed by atoms with Crippen molar-refractivity contribution in [1.82, 2.24) is 5.32 Å². The number of carboxylic acid groups (broad SMARTS) is 1. The molecule has 0 spiro atoms. The summed E-state index contributed by atoms with van der Waals surface area (Å²) < 4.78 is 24.4. The van der Waals surface area contributed by atoms with Gasteiger partial charge < -0.3 is 10.4 Å². The third-order valence-electron chi connectivity index (χ3n) is 2.29. The van der Waals surface area contributed by atoms with Gasteiger partial charge in [0, 0.05) is 11.0 Å². The van der Waals surface area contributed by atoms with Gasteiger partial charge in [-0.05, 0) is 17.7 Å². The molecule has 8 heteroatoms. The first-order valence-corrected chi connectivity index (χ1v) is 8.33. The van der Waals surface area contributed by atoms with Crippen LogP contribution in [0.3, 0.4) is 0 Å². The maximum absolute atomic E-state index is 11.8. The number of carbonyl (C=O) groups excluding carboxylic acids is 1. The third-order valence-corrected chi connectivity index (χ3v) is 4.26. The number of halogens is 1. The van der Waals surface area contributed by atoms with E-state index in [2.05, 4.69) is 21.2 Å². The molecule has 0 saturated carbocycles. The van der Waals surface area contributed by atoms with Gasteiger partial charge in [-0.3, -0.25) is 9.59 Å². The van der Waals surface area contributed by atoms with Gasteiger partial charge in [0.2, 0.25) is 5.91 Å². The van der Waals surface area contributed by atoms with Crippen LogP contribution in [0.1, 0.15) is 12.0 Å². The Kier molecular flexibility index (Phi) is 6.15. The van der Waals surface area contributed by atoms with Crippen molar-refractivity contribution in [3.63, 3.8) is 0 Å². The molecule has 0 saturated heterocycles. The quantitative estimate of drug-likeness (QED) is 0.751. The molecular formula is C12H14BrNO5S. The standard InChI is InChI=1S/C12H14BrNO5S/c13-10-3-1-2-9(6-10)7-20(18,19)8-11(15)14-5-4-12(16)17/h1-3,6H,4-5,7-8H2,(H,14,15)(H,16,17). The zero-order chi connectivity index (χ0) is 15.2. The SMILES string of the molecule is O=C(O)CCNC(=O)CS(=O)(=O)Cc1cccc(Br)c1. The van der Waals surface area contributed by atoms with E-state index in [-0.39, 0.29) is 18.7 Å². The molecule has 1 aromatic rings. The molecule has 0 atom stereocenters. The molecule has 0 aliphatic rings. The summed E-state index contributed by atoms with van der Waals surface area (Å²) in [6, 6.07) is 6.81. The first-order valence-electron chi connectivity index (χ1n) is 5.72. The van der Waals surface area contributed by atoms with Crippen molar-refractivity contribution < 1.29 is 23.1 Å². The molecule has 1 rings (SSSR count). The molecule has 0 aromatic heterocycles. The lowest BCUT2D eigenvalue weighted by molar-refractivity contribution is -0.136. The monoisotopic (exact) mass is 363 g/mol. The van der Waals surface area contributed by atoms with Crippen LogP contribution in [0, 0.1) is 0 Å². The Labute approximate surface area is 125 Å². The van der Waals surface area contributed by atoms with Crippen LogP contribution in [-0.4, -0.2) is 37.7 Å². The first kappa shape index (κ1) is 16.6. The lowest BCUT2D eigenvalue weighted by atomic mass is 10.2. The van der Waals surface area contributed by atoms with Crippen molar-refractivity contribution >= 4 is 37.6 Å². The molecule has 0 aliphatic heterocycles. The van der Waals surface area contributed by atoms with E-state index < -0.39 is 27.5 Å². The maximum atomic E-state index is 11.8. The van der Waals surface area contributed by atoms with Crippen LogP contribution >= 0.6 is 15.9 Å². The summed E-state index contributed by atoms with van der Waals surface area (Å²) in [6.45, 7) is -0.0828. The van der Waals surface area contributed by atoms with Gasteiger partial charge in [0.05, 0.1) is 12.2 Å². The van der Waals surface area contributed by atoms with Crippen molar-refractivity contribution in [2.24, 2.45) is 0 Å². The Morgan fingerprint density at radius 1 is 1.30 bits per heavy atom. The van der Waals surface area contributed by atoms with E-state index in [9.17, 15) is 18.0 Å². The number of hydrogen-bond donors (Lipinski definition) is 2. The van der Waals surface area contributed by atoms with E-state index in [1.54, 1.807) is 24.3 Å². The summed E-state index contributed by atoms with van der Waals surface area (Å²) in [7, 11) is -3.58. The number of aliphatic carboxylic acids is 1. The van der Waals surface area contributed by atoms with Gasteiger partial charge in [0.1, 0.15) is 5.75 Å². The number of nitrogens with one attached hydrogen (secondary N) is 1. The summed E-state index contributed by atoms with van der Waals surface area (Å²) in [5.41, 5.74) is 0.581. The second-order valence-corrected chi connectivity index (χ2v) is 7.14. The number of carboxylic acids is 1. The van der Waals surface area contributed by atoms with E-state index in [0.29, 0.717) is 5.56 Å². The molecule has 0 fully saturated rings. The van der Waals surface area contributed by atoms with Crippen LogP contribution in [0.5, 0.6) is 0 Å². The summed E-state index contributed by atoms with van der Waals surface area (Å²) in [5.74, 6) is -2.64. The highest BCUT2D eigenvalue weighted by atomic mass is 79.9. The maximum Gasteiger partial charge on any atom is 0.305 e. The third kappa shape index (κ3) is 6.67. The Balaban J connectivity index is 2.53. The number of rotatable bonds is 7. The number of amides is 1. The number of hydrogen-bond acceptors (Lipinski definition) is 4. The Hall–Kier alpha value is -1.41. The van der Waals surface area contributed by atoms with Crippen LogP contribution < -0.4 is 5.32 Å². The molecule has 2 N–H and O–H groups in total. The highest BCUT2D eigenvalue weighted by Crippen LogP contribution is 2.14. The van der Waals surface area contributed by atoms with E-state index >= 15 is 0 Å². The average Bonchev–Trinajstić information content (AvgIpc) is 2.26. The van der Waals surface area contributed by atoms with Crippen molar-refractivity contribution in [2.45, 2.75) is 12.2 Å². The summed E-state index contributed by atoms with van der Waals surface area (Å²) >= 11 is 3.24. The van der Waals surface area contributed by atoms with Crippen molar-refractivity contribution in [2.75, 3.05) is 12.3 Å². The molecular weight excluding hydrogens is 350 g/mol. The summed E-state index contributed by atoms with van der Waals surface area (Å²) in [5, 5.41) is 10.7. The highest BCUT2D eigenvalue weighted by molar-refractivity contribution is 9.10. The first-order chi connectivity index (χ1) is 9.28. The molecule has 0 aliphatic carbocycles. The lowest BCUT2D eigenvalue weighted by Gasteiger charge is -2.06. The zero-order valence-corrected chi connectivity index (χ0v) is 12.9. The minimum Gasteiger partial charge on any atom is -0.481 e. The second kappa shape index (κ2) is 7.39. The van der Waals surface area contributed by atoms with Crippen molar-refractivity contribution in [1.29, 1.82) is 0 Å². The fourth-order valence-electron chi connectivity index (χ4n) is 1.49. The largest absolute Gasteiger partial charge is 0.481 e. The number of carbonyl (C=O) groups is 2. The zero-order valence-electron chi connectivity index (χ0n) is 10.5. The van der Waals surface area contributed by atoms with Crippen LogP contribution in [0.2, 0.25) is 0 Å². The Morgan fingerprint density at radius 3 is 2.60 bits per heavy atom. The molecule has 110 valence electrons. The van der Waals surface area contributed by atoms with Crippen LogP contribution in [0.25, 0.3) is 0 Å². The molecule has 1 aromatic carbocycles. The molecule has 20 heavy (non-hydrogen) atoms. The molecule has 6 nitrogen and oxygen atoms in total. The van der Waals surface area contributed by atoms with E-state index in [0.717, 1.165) is 4.47 Å². The molecule has 1 amide bonds. The van der Waals surface area contributed by atoms with E-state index in [1.165, 1.54) is 0 Å². The van der Waals surface area contributed by atoms with Crippen LogP contribution in [0.15, 0.2) is 28.7 Å². The minimum atomic E-state index is -3.58. The fraction of sp³-hybridized carbons (Fsp3) is 0.333. The van der Waals surface area contributed by atoms with Gasteiger partial charge >= 0.3 is 5.97 Å². The fourth-order valence-corrected chi connectivity index (χ4v) is 3.23. The van der Waals surface area contributed by atoms with Gasteiger partial charge in [-0.25, -0.2) is 8.42 Å².